The number of carboxylic acid groups (broad SMARTS) is 1. The summed E-state index contributed by atoms with van der Waals surface area (Å²) < 4.78 is 0. The molecule has 16 heavy (non-hydrogen) atoms. The van der Waals surface area contributed by atoms with Crippen LogP contribution >= 0.6 is 11.3 Å². The summed E-state index contributed by atoms with van der Waals surface area (Å²) >= 11 is 1.32. The number of rotatable bonds is 5. The molecule has 1 atom stereocenters. The number of thiazole rings is 1. The molecule has 0 bridgehead atoms. The highest BCUT2D eigenvalue weighted by Crippen LogP contribution is 2.09. The zero-order valence-electron chi connectivity index (χ0n) is 8.77. The normalized spacial score (nSPS) is 11.8. The van der Waals surface area contributed by atoms with Crippen LogP contribution in [0.15, 0.2) is 11.6 Å². The Morgan fingerprint density at radius 2 is 2.38 bits per heavy atom. The molecule has 0 saturated heterocycles. The maximum Gasteiger partial charge on any atom is 0.321 e. The molecule has 0 fully saturated rings. The van der Waals surface area contributed by atoms with Gasteiger partial charge in [0.05, 0.1) is 5.92 Å². The van der Waals surface area contributed by atoms with Crippen LogP contribution < -0.4 is 10.6 Å². The number of carbonyl (C=O) groups is 2. The quantitative estimate of drug-likeness (QED) is 0.728. The van der Waals surface area contributed by atoms with E-state index in [0.717, 1.165) is 0 Å². The van der Waals surface area contributed by atoms with Crippen LogP contribution in [0.4, 0.5) is 9.93 Å². The molecule has 0 aliphatic rings. The first-order valence-corrected chi connectivity index (χ1v) is 5.64. The number of aromatic nitrogens is 1. The SMILES string of the molecule is CC(CCNC(=O)Nc1nccs1)C(=O)O. The molecule has 2 amide bonds. The average molecular weight is 243 g/mol. The Morgan fingerprint density at radius 3 is 2.94 bits per heavy atom. The second kappa shape index (κ2) is 6.06. The fourth-order valence-electron chi connectivity index (χ4n) is 0.952. The molecule has 0 radical (unpaired) electrons. The average Bonchev–Trinajstić information content (AvgIpc) is 2.70. The number of nitrogens with zero attached hydrogens (tertiary/aromatic N) is 1. The lowest BCUT2D eigenvalue weighted by atomic mass is 10.1. The van der Waals surface area contributed by atoms with Gasteiger partial charge in [-0.1, -0.05) is 6.92 Å². The Hall–Kier alpha value is -1.63. The monoisotopic (exact) mass is 243 g/mol. The van der Waals surface area contributed by atoms with Crippen molar-refractivity contribution in [3.8, 4) is 0 Å². The standard InChI is InChI=1S/C9H13N3O3S/c1-6(7(13)14)2-3-10-8(15)12-9-11-4-5-16-9/h4-6H,2-3H2,1H3,(H,13,14)(H2,10,11,12,15). The van der Waals surface area contributed by atoms with Crippen molar-refractivity contribution >= 4 is 28.5 Å². The third kappa shape index (κ3) is 4.26. The van der Waals surface area contributed by atoms with Crippen LogP contribution in [0, 0.1) is 5.92 Å². The predicted molar refractivity (Wildman–Crippen MR) is 60.6 cm³/mol. The van der Waals surface area contributed by atoms with Gasteiger partial charge in [0.1, 0.15) is 0 Å². The third-order valence-corrected chi connectivity index (χ3v) is 2.63. The van der Waals surface area contributed by atoms with Crippen LogP contribution in [-0.4, -0.2) is 28.6 Å². The smallest absolute Gasteiger partial charge is 0.321 e. The summed E-state index contributed by atoms with van der Waals surface area (Å²) in [6.45, 7) is 1.92. The van der Waals surface area contributed by atoms with E-state index in [4.69, 9.17) is 5.11 Å². The number of hydrogen-bond acceptors (Lipinski definition) is 4. The third-order valence-electron chi connectivity index (χ3n) is 1.94. The molecule has 0 aliphatic carbocycles. The van der Waals surface area contributed by atoms with E-state index in [2.05, 4.69) is 15.6 Å². The molecule has 7 heteroatoms. The fraction of sp³-hybridized carbons (Fsp3) is 0.444. The zero-order valence-corrected chi connectivity index (χ0v) is 9.58. The van der Waals surface area contributed by atoms with Crippen LogP contribution in [0.3, 0.4) is 0 Å². The predicted octanol–water partition coefficient (Wildman–Crippen LogP) is 1.38. The van der Waals surface area contributed by atoms with E-state index in [1.165, 1.54) is 11.3 Å². The Kier molecular flexibility index (Phi) is 4.71. The number of carbonyl (C=O) groups excluding carboxylic acids is 1. The van der Waals surface area contributed by atoms with Gasteiger partial charge in [0, 0.05) is 18.1 Å². The number of aliphatic carboxylic acids is 1. The number of hydrogen-bond donors (Lipinski definition) is 3. The first-order chi connectivity index (χ1) is 7.59. The van der Waals surface area contributed by atoms with Gasteiger partial charge in [-0.25, -0.2) is 9.78 Å². The van der Waals surface area contributed by atoms with Crippen molar-refractivity contribution in [2.75, 3.05) is 11.9 Å². The van der Waals surface area contributed by atoms with Crippen molar-refractivity contribution in [2.24, 2.45) is 5.92 Å². The maximum atomic E-state index is 11.3. The minimum absolute atomic E-state index is 0.324. The second-order valence-electron chi connectivity index (χ2n) is 3.25. The zero-order chi connectivity index (χ0) is 12.0. The molecule has 0 aliphatic heterocycles. The van der Waals surface area contributed by atoms with Gasteiger partial charge in [-0.15, -0.1) is 11.3 Å². The summed E-state index contributed by atoms with van der Waals surface area (Å²) in [6.07, 6.45) is 1.99. The molecule has 1 unspecified atom stereocenters. The van der Waals surface area contributed by atoms with Crippen molar-refractivity contribution in [1.82, 2.24) is 10.3 Å². The summed E-state index contributed by atoms with van der Waals surface area (Å²) in [6, 6.07) is -0.368. The molecule has 1 heterocycles. The van der Waals surface area contributed by atoms with Gasteiger partial charge < -0.3 is 10.4 Å². The molecule has 1 aromatic heterocycles. The van der Waals surface area contributed by atoms with Gasteiger partial charge in [0.2, 0.25) is 0 Å². The minimum atomic E-state index is -0.859. The summed E-state index contributed by atoms with van der Waals surface area (Å²) in [5.41, 5.74) is 0. The highest BCUT2D eigenvalue weighted by Gasteiger charge is 2.10. The lowest BCUT2D eigenvalue weighted by Gasteiger charge is -2.07. The van der Waals surface area contributed by atoms with E-state index in [9.17, 15) is 9.59 Å². The molecule has 1 aromatic rings. The van der Waals surface area contributed by atoms with Crippen LogP contribution in [0.1, 0.15) is 13.3 Å². The van der Waals surface area contributed by atoms with E-state index >= 15 is 0 Å². The van der Waals surface area contributed by atoms with Gasteiger partial charge in [-0.2, -0.15) is 0 Å². The molecule has 3 N–H and O–H groups in total. The van der Waals surface area contributed by atoms with Crippen LogP contribution in [0.2, 0.25) is 0 Å². The van der Waals surface area contributed by atoms with Gasteiger partial charge in [-0.05, 0) is 6.42 Å². The molecule has 0 spiro atoms. The molecule has 6 nitrogen and oxygen atoms in total. The lowest BCUT2D eigenvalue weighted by molar-refractivity contribution is -0.141. The Morgan fingerprint density at radius 1 is 1.62 bits per heavy atom. The van der Waals surface area contributed by atoms with Crippen molar-refractivity contribution in [3.63, 3.8) is 0 Å². The maximum absolute atomic E-state index is 11.3. The highest BCUT2D eigenvalue weighted by atomic mass is 32.1. The van der Waals surface area contributed by atoms with E-state index in [0.29, 0.717) is 18.1 Å². The second-order valence-corrected chi connectivity index (χ2v) is 4.14. The molecule has 1 rings (SSSR count). The topological polar surface area (TPSA) is 91.3 Å². The molecular formula is C9H13N3O3S. The molecule has 88 valence electrons. The van der Waals surface area contributed by atoms with Crippen molar-refractivity contribution in [2.45, 2.75) is 13.3 Å². The van der Waals surface area contributed by atoms with E-state index in [1.54, 1.807) is 18.5 Å². The number of urea groups is 1. The molecule has 0 aromatic carbocycles. The number of amides is 2. The van der Waals surface area contributed by atoms with Crippen molar-refractivity contribution < 1.29 is 14.7 Å². The summed E-state index contributed by atoms with van der Waals surface area (Å²) in [5, 5.41) is 16.0. The first kappa shape index (κ1) is 12.4. The van der Waals surface area contributed by atoms with E-state index in [1.807, 2.05) is 0 Å². The van der Waals surface area contributed by atoms with Crippen molar-refractivity contribution in [1.29, 1.82) is 0 Å². The Bertz CT molecular complexity index is 353. The van der Waals surface area contributed by atoms with Gasteiger partial charge in [0.25, 0.3) is 0 Å². The largest absolute Gasteiger partial charge is 0.481 e. The summed E-state index contributed by atoms with van der Waals surface area (Å²) in [7, 11) is 0. The number of nitrogens with one attached hydrogen (secondary N) is 2. The summed E-state index contributed by atoms with van der Waals surface area (Å²) in [4.78, 5) is 25.6. The van der Waals surface area contributed by atoms with Crippen LogP contribution in [0.5, 0.6) is 0 Å². The minimum Gasteiger partial charge on any atom is -0.481 e. The number of carboxylic acids is 1. The molecule has 0 saturated carbocycles. The first-order valence-electron chi connectivity index (χ1n) is 4.76. The van der Waals surface area contributed by atoms with Gasteiger partial charge in [0.15, 0.2) is 5.13 Å². The Labute approximate surface area is 96.7 Å². The van der Waals surface area contributed by atoms with E-state index < -0.39 is 11.9 Å². The highest BCUT2D eigenvalue weighted by molar-refractivity contribution is 7.13. The number of anilines is 1. The van der Waals surface area contributed by atoms with Crippen molar-refractivity contribution in [3.05, 3.63) is 11.6 Å². The van der Waals surface area contributed by atoms with Gasteiger partial charge in [-0.3, -0.25) is 10.1 Å². The summed E-state index contributed by atoms with van der Waals surface area (Å²) in [5.74, 6) is -1.32. The molecular weight excluding hydrogens is 230 g/mol. The van der Waals surface area contributed by atoms with Crippen LogP contribution in [0.25, 0.3) is 0 Å². The van der Waals surface area contributed by atoms with Gasteiger partial charge >= 0.3 is 12.0 Å². The lowest BCUT2D eigenvalue weighted by Crippen LogP contribution is -2.31. The fourth-order valence-corrected chi connectivity index (χ4v) is 1.48. The van der Waals surface area contributed by atoms with Crippen LogP contribution in [-0.2, 0) is 4.79 Å². The Balaban J connectivity index is 2.18. The van der Waals surface area contributed by atoms with E-state index in [-0.39, 0.29) is 6.03 Å².